The summed E-state index contributed by atoms with van der Waals surface area (Å²) in [6, 6.07) is 9.56. The van der Waals surface area contributed by atoms with E-state index in [1.807, 2.05) is 0 Å². The summed E-state index contributed by atoms with van der Waals surface area (Å²) in [6.45, 7) is 4.57. The Balaban J connectivity index is 1.88. The van der Waals surface area contributed by atoms with Gasteiger partial charge in [-0.15, -0.1) is 0 Å². The van der Waals surface area contributed by atoms with Gasteiger partial charge < -0.3 is 10.2 Å². The van der Waals surface area contributed by atoms with Crippen LogP contribution < -0.4 is 5.32 Å². The molecule has 1 aromatic rings. The molecule has 2 rings (SSSR count). The Hall–Kier alpha value is -0.380. The predicted octanol–water partition coefficient (Wildman–Crippen LogP) is 3.58. The number of benzene rings is 1. The molecule has 0 amide bonds. The maximum Gasteiger partial charge on any atom is 0.0303 e. The van der Waals surface area contributed by atoms with E-state index in [1.54, 1.807) is 0 Å². The van der Waals surface area contributed by atoms with Crippen LogP contribution in [-0.4, -0.2) is 31.1 Å². The number of nitrogens with one attached hydrogen (secondary N) is 1. The average molecular weight is 311 g/mol. The third kappa shape index (κ3) is 3.56. The molecule has 1 N–H and O–H groups in total. The summed E-state index contributed by atoms with van der Waals surface area (Å²) in [4.78, 5) is 2.49. The molecule has 2 atom stereocenters. The standard InChI is InChI=1S/C15H23BrN2/c1-12(14-8-3-4-9-15(14)16)17-11-13-7-5-6-10-18(13)2/h3-4,8-9,12-13,17H,5-7,10-11H2,1-2H3/t12-,13?/m1/s1. The lowest BCUT2D eigenvalue weighted by Crippen LogP contribution is -2.43. The smallest absolute Gasteiger partial charge is 0.0303 e. The number of halogens is 1. The summed E-state index contributed by atoms with van der Waals surface area (Å²) in [5, 5.41) is 3.67. The van der Waals surface area contributed by atoms with E-state index in [9.17, 15) is 0 Å². The molecule has 1 fully saturated rings. The Bertz CT molecular complexity index is 381. The Morgan fingerprint density at radius 1 is 1.39 bits per heavy atom. The third-order valence-corrected chi connectivity index (χ3v) is 4.68. The van der Waals surface area contributed by atoms with Crippen LogP contribution in [0.15, 0.2) is 28.7 Å². The fraction of sp³-hybridized carbons (Fsp3) is 0.600. The van der Waals surface area contributed by atoms with E-state index in [-0.39, 0.29) is 0 Å². The first-order valence-corrected chi connectivity index (χ1v) is 7.66. The quantitative estimate of drug-likeness (QED) is 0.914. The molecular formula is C15H23BrN2. The fourth-order valence-corrected chi connectivity index (χ4v) is 3.28. The van der Waals surface area contributed by atoms with Crippen molar-refractivity contribution in [2.75, 3.05) is 20.1 Å². The summed E-state index contributed by atoms with van der Waals surface area (Å²) in [7, 11) is 2.24. The van der Waals surface area contributed by atoms with Gasteiger partial charge in [0.2, 0.25) is 0 Å². The maximum atomic E-state index is 3.67. The molecule has 3 heteroatoms. The van der Waals surface area contributed by atoms with Gasteiger partial charge in [0, 0.05) is 23.1 Å². The minimum Gasteiger partial charge on any atom is -0.309 e. The predicted molar refractivity (Wildman–Crippen MR) is 80.8 cm³/mol. The summed E-state index contributed by atoms with van der Waals surface area (Å²) < 4.78 is 1.20. The maximum absolute atomic E-state index is 3.67. The number of rotatable bonds is 4. The van der Waals surface area contributed by atoms with Crippen molar-refractivity contribution in [3.05, 3.63) is 34.3 Å². The van der Waals surface area contributed by atoms with Crippen molar-refractivity contribution in [2.24, 2.45) is 0 Å². The Labute approximate surface area is 119 Å². The molecule has 100 valence electrons. The van der Waals surface area contributed by atoms with Gasteiger partial charge in [0.1, 0.15) is 0 Å². The van der Waals surface area contributed by atoms with Gasteiger partial charge in [-0.3, -0.25) is 0 Å². The van der Waals surface area contributed by atoms with E-state index < -0.39 is 0 Å². The van der Waals surface area contributed by atoms with Crippen LogP contribution in [0.5, 0.6) is 0 Å². The monoisotopic (exact) mass is 310 g/mol. The minimum absolute atomic E-state index is 0.399. The average Bonchev–Trinajstić information content (AvgIpc) is 2.38. The van der Waals surface area contributed by atoms with Crippen LogP contribution in [0.3, 0.4) is 0 Å². The van der Waals surface area contributed by atoms with Crippen molar-refractivity contribution >= 4 is 15.9 Å². The molecule has 0 radical (unpaired) electrons. The van der Waals surface area contributed by atoms with Gasteiger partial charge >= 0.3 is 0 Å². The number of hydrogen-bond donors (Lipinski definition) is 1. The van der Waals surface area contributed by atoms with Crippen molar-refractivity contribution in [1.29, 1.82) is 0 Å². The fourth-order valence-electron chi connectivity index (χ4n) is 2.65. The lowest BCUT2D eigenvalue weighted by molar-refractivity contribution is 0.178. The molecule has 0 aliphatic carbocycles. The number of likely N-dealkylation sites (tertiary alicyclic amines) is 1. The van der Waals surface area contributed by atoms with Crippen LogP contribution >= 0.6 is 15.9 Å². The zero-order valence-electron chi connectivity index (χ0n) is 11.3. The molecule has 2 nitrogen and oxygen atoms in total. The van der Waals surface area contributed by atoms with E-state index in [2.05, 4.69) is 64.4 Å². The first-order chi connectivity index (χ1) is 8.68. The number of likely N-dealkylation sites (N-methyl/N-ethyl adjacent to an activating group) is 1. The molecule has 18 heavy (non-hydrogen) atoms. The highest BCUT2D eigenvalue weighted by atomic mass is 79.9. The highest BCUT2D eigenvalue weighted by Crippen LogP contribution is 2.23. The van der Waals surface area contributed by atoms with Crippen molar-refractivity contribution in [1.82, 2.24) is 10.2 Å². The number of piperidine rings is 1. The summed E-state index contributed by atoms with van der Waals surface area (Å²) in [6.07, 6.45) is 4.05. The Morgan fingerprint density at radius 3 is 2.89 bits per heavy atom. The van der Waals surface area contributed by atoms with E-state index >= 15 is 0 Å². The first kappa shape index (κ1) is 14.0. The second-order valence-corrected chi connectivity index (χ2v) is 6.14. The first-order valence-electron chi connectivity index (χ1n) is 6.86. The van der Waals surface area contributed by atoms with Gasteiger partial charge in [0.25, 0.3) is 0 Å². The number of nitrogens with zero attached hydrogens (tertiary/aromatic N) is 1. The van der Waals surface area contributed by atoms with Gasteiger partial charge in [-0.2, -0.15) is 0 Å². The molecule has 1 saturated heterocycles. The second-order valence-electron chi connectivity index (χ2n) is 5.28. The zero-order valence-corrected chi connectivity index (χ0v) is 12.9. The lowest BCUT2D eigenvalue weighted by Gasteiger charge is -2.33. The second kappa shape index (κ2) is 6.69. The van der Waals surface area contributed by atoms with Crippen LogP contribution in [0.2, 0.25) is 0 Å². The molecule has 1 heterocycles. The zero-order chi connectivity index (χ0) is 13.0. The van der Waals surface area contributed by atoms with Crippen LogP contribution in [0.1, 0.15) is 37.8 Å². The molecule has 0 bridgehead atoms. The number of hydrogen-bond acceptors (Lipinski definition) is 2. The largest absolute Gasteiger partial charge is 0.309 e. The van der Waals surface area contributed by atoms with E-state index in [0.29, 0.717) is 12.1 Å². The Morgan fingerprint density at radius 2 is 2.17 bits per heavy atom. The molecule has 1 unspecified atom stereocenters. The molecule has 0 aromatic heterocycles. The van der Waals surface area contributed by atoms with Crippen LogP contribution in [-0.2, 0) is 0 Å². The van der Waals surface area contributed by atoms with Crippen LogP contribution in [0.25, 0.3) is 0 Å². The van der Waals surface area contributed by atoms with Gasteiger partial charge in [-0.1, -0.05) is 40.5 Å². The van der Waals surface area contributed by atoms with E-state index in [0.717, 1.165) is 6.54 Å². The molecule has 0 spiro atoms. The molecule has 1 aliphatic heterocycles. The van der Waals surface area contributed by atoms with Gasteiger partial charge in [0.05, 0.1) is 0 Å². The van der Waals surface area contributed by atoms with Gasteiger partial charge in [0.15, 0.2) is 0 Å². The van der Waals surface area contributed by atoms with E-state index in [4.69, 9.17) is 0 Å². The third-order valence-electron chi connectivity index (χ3n) is 3.95. The molecule has 1 aromatic carbocycles. The van der Waals surface area contributed by atoms with E-state index in [1.165, 1.54) is 35.8 Å². The SMILES string of the molecule is C[C@@H](NCC1CCCCN1C)c1ccccc1Br. The highest BCUT2D eigenvalue weighted by Gasteiger charge is 2.19. The van der Waals surface area contributed by atoms with Crippen molar-refractivity contribution in [2.45, 2.75) is 38.3 Å². The summed E-state index contributed by atoms with van der Waals surface area (Å²) in [5.74, 6) is 0. The molecule has 0 saturated carbocycles. The van der Waals surface area contributed by atoms with Crippen LogP contribution in [0, 0.1) is 0 Å². The topological polar surface area (TPSA) is 15.3 Å². The summed E-state index contributed by atoms with van der Waals surface area (Å²) >= 11 is 3.62. The van der Waals surface area contributed by atoms with Gasteiger partial charge in [-0.05, 0) is 45.0 Å². The minimum atomic E-state index is 0.399. The highest BCUT2D eigenvalue weighted by molar-refractivity contribution is 9.10. The lowest BCUT2D eigenvalue weighted by atomic mass is 10.0. The Kier molecular flexibility index (Phi) is 5.22. The van der Waals surface area contributed by atoms with Gasteiger partial charge in [-0.25, -0.2) is 0 Å². The van der Waals surface area contributed by atoms with Crippen molar-refractivity contribution in [3.8, 4) is 0 Å². The molecular weight excluding hydrogens is 288 g/mol. The van der Waals surface area contributed by atoms with Crippen molar-refractivity contribution in [3.63, 3.8) is 0 Å². The molecule has 1 aliphatic rings. The van der Waals surface area contributed by atoms with Crippen LogP contribution in [0.4, 0.5) is 0 Å². The normalized spacial score (nSPS) is 22.9. The van der Waals surface area contributed by atoms with Crippen molar-refractivity contribution < 1.29 is 0 Å². The summed E-state index contributed by atoms with van der Waals surface area (Å²) in [5.41, 5.74) is 1.34.